The van der Waals surface area contributed by atoms with Crippen molar-refractivity contribution >= 4 is 17.3 Å². The Morgan fingerprint density at radius 3 is 2.60 bits per heavy atom. The number of aliphatic imine (C=N–C) groups is 1. The van der Waals surface area contributed by atoms with E-state index in [1.807, 2.05) is 38.1 Å². The van der Waals surface area contributed by atoms with Crippen molar-refractivity contribution in [1.82, 2.24) is 0 Å². The summed E-state index contributed by atoms with van der Waals surface area (Å²) < 4.78 is 19.1. The van der Waals surface area contributed by atoms with Crippen molar-refractivity contribution < 1.29 is 13.9 Å². The summed E-state index contributed by atoms with van der Waals surface area (Å²) in [7, 11) is 1.60. The van der Waals surface area contributed by atoms with Gasteiger partial charge in [0, 0.05) is 11.1 Å². The molecule has 2 atom stereocenters. The number of fused-ring (bicyclic) bond motifs is 1. The maximum absolute atomic E-state index is 13.9. The molecule has 2 aromatic carbocycles. The summed E-state index contributed by atoms with van der Waals surface area (Å²) in [5, 5.41) is 2.89. The zero-order valence-corrected chi connectivity index (χ0v) is 14.5. The van der Waals surface area contributed by atoms with E-state index in [-0.39, 0.29) is 17.6 Å². The SMILES string of the molecule is CCC(C)C1N=C(c2ccc(OC)cc2)c2cc(F)ccc2NC1=O. The first kappa shape index (κ1) is 17.1. The van der Waals surface area contributed by atoms with Crippen LogP contribution in [0, 0.1) is 11.7 Å². The van der Waals surface area contributed by atoms with E-state index in [9.17, 15) is 9.18 Å². The summed E-state index contributed by atoms with van der Waals surface area (Å²) in [6, 6.07) is 11.2. The fraction of sp³-hybridized carbons (Fsp3) is 0.300. The molecule has 0 saturated carbocycles. The van der Waals surface area contributed by atoms with E-state index < -0.39 is 6.04 Å². The highest BCUT2D eigenvalue weighted by molar-refractivity contribution is 6.19. The fourth-order valence-electron chi connectivity index (χ4n) is 2.88. The van der Waals surface area contributed by atoms with Crippen molar-refractivity contribution in [3.8, 4) is 5.75 Å². The van der Waals surface area contributed by atoms with Crippen LogP contribution in [0.15, 0.2) is 47.5 Å². The van der Waals surface area contributed by atoms with Crippen LogP contribution in [0.25, 0.3) is 0 Å². The number of nitrogens with zero attached hydrogens (tertiary/aromatic N) is 1. The average Bonchev–Trinajstić information content (AvgIpc) is 2.77. The molecule has 0 radical (unpaired) electrons. The van der Waals surface area contributed by atoms with Crippen LogP contribution >= 0.6 is 0 Å². The summed E-state index contributed by atoms with van der Waals surface area (Å²) in [5.41, 5.74) is 2.59. The summed E-state index contributed by atoms with van der Waals surface area (Å²) in [6.45, 7) is 4.02. The molecule has 2 unspecified atom stereocenters. The Balaban J connectivity index is 2.17. The zero-order chi connectivity index (χ0) is 18.0. The molecule has 4 nitrogen and oxygen atoms in total. The Labute approximate surface area is 146 Å². The van der Waals surface area contributed by atoms with Crippen LogP contribution < -0.4 is 10.1 Å². The number of carbonyl (C=O) groups excluding carboxylic acids is 1. The van der Waals surface area contributed by atoms with Gasteiger partial charge in [-0.25, -0.2) is 4.39 Å². The topological polar surface area (TPSA) is 50.7 Å². The van der Waals surface area contributed by atoms with Gasteiger partial charge in [-0.15, -0.1) is 0 Å². The maximum atomic E-state index is 13.9. The largest absolute Gasteiger partial charge is 0.497 e. The lowest BCUT2D eigenvalue weighted by Crippen LogP contribution is -2.31. The lowest BCUT2D eigenvalue weighted by Gasteiger charge is -2.17. The number of methoxy groups -OCH3 is 1. The molecule has 1 aliphatic heterocycles. The smallest absolute Gasteiger partial charge is 0.249 e. The molecular weight excluding hydrogens is 319 g/mol. The van der Waals surface area contributed by atoms with Crippen molar-refractivity contribution in [3.05, 3.63) is 59.4 Å². The molecule has 0 aliphatic carbocycles. The van der Waals surface area contributed by atoms with Gasteiger partial charge in [0.05, 0.1) is 18.5 Å². The zero-order valence-electron chi connectivity index (χ0n) is 14.5. The molecule has 0 bridgehead atoms. The molecule has 0 fully saturated rings. The van der Waals surface area contributed by atoms with Crippen molar-refractivity contribution in [3.63, 3.8) is 0 Å². The summed E-state index contributed by atoms with van der Waals surface area (Å²) in [6.07, 6.45) is 0.822. The molecular formula is C20H21FN2O2. The molecule has 1 heterocycles. The third-order valence-corrected chi connectivity index (χ3v) is 4.58. The van der Waals surface area contributed by atoms with Crippen molar-refractivity contribution in [1.29, 1.82) is 0 Å². The van der Waals surface area contributed by atoms with Crippen LogP contribution in [0.4, 0.5) is 10.1 Å². The number of ether oxygens (including phenoxy) is 1. The molecule has 0 spiro atoms. The number of benzene rings is 2. The summed E-state index contributed by atoms with van der Waals surface area (Å²) in [5.74, 6) is 0.277. The highest BCUT2D eigenvalue weighted by atomic mass is 19.1. The third-order valence-electron chi connectivity index (χ3n) is 4.58. The standard InChI is InChI=1S/C20H21FN2O2/c1-4-12(2)18-20(24)22-17-10-7-14(21)11-16(17)19(23-18)13-5-8-15(25-3)9-6-13/h5-12,18H,4H2,1-3H3,(H,22,24). The summed E-state index contributed by atoms with van der Waals surface area (Å²) >= 11 is 0. The Kier molecular flexibility index (Phi) is 4.83. The van der Waals surface area contributed by atoms with Gasteiger partial charge in [0.1, 0.15) is 17.6 Å². The van der Waals surface area contributed by atoms with E-state index in [0.717, 1.165) is 17.7 Å². The quantitative estimate of drug-likeness (QED) is 0.913. The van der Waals surface area contributed by atoms with E-state index >= 15 is 0 Å². The Hall–Kier alpha value is -2.69. The highest BCUT2D eigenvalue weighted by Crippen LogP contribution is 2.28. The minimum absolute atomic E-state index is 0.0763. The van der Waals surface area contributed by atoms with Gasteiger partial charge >= 0.3 is 0 Å². The van der Waals surface area contributed by atoms with Gasteiger partial charge in [-0.05, 0) is 48.4 Å². The van der Waals surface area contributed by atoms with Crippen molar-refractivity contribution in [2.45, 2.75) is 26.3 Å². The van der Waals surface area contributed by atoms with E-state index in [1.165, 1.54) is 12.1 Å². The second kappa shape index (κ2) is 7.05. The van der Waals surface area contributed by atoms with Gasteiger partial charge in [0.15, 0.2) is 0 Å². The molecule has 0 saturated heterocycles. The second-order valence-corrected chi connectivity index (χ2v) is 6.22. The predicted octanol–water partition coefficient (Wildman–Crippen LogP) is 4.04. The first-order chi connectivity index (χ1) is 12.0. The Morgan fingerprint density at radius 1 is 1.24 bits per heavy atom. The third kappa shape index (κ3) is 3.40. The monoisotopic (exact) mass is 340 g/mol. The van der Waals surface area contributed by atoms with Crippen LogP contribution in [-0.4, -0.2) is 24.8 Å². The minimum atomic E-state index is -0.516. The van der Waals surface area contributed by atoms with Crippen LogP contribution in [-0.2, 0) is 4.79 Å². The normalized spacial score (nSPS) is 17.8. The molecule has 1 aliphatic rings. The summed E-state index contributed by atoms with van der Waals surface area (Å²) in [4.78, 5) is 17.3. The van der Waals surface area contributed by atoms with Gasteiger partial charge in [0.25, 0.3) is 0 Å². The molecule has 1 N–H and O–H groups in total. The van der Waals surface area contributed by atoms with Crippen LogP contribution in [0.5, 0.6) is 5.75 Å². The van der Waals surface area contributed by atoms with Gasteiger partial charge < -0.3 is 10.1 Å². The molecule has 130 valence electrons. The number of carbonyl (C=O) groups is 1. The van der Waals surface area contributed by atoms with Crippen molar-refractivity contribution in [2.24, 2.45) is 10.9 Å². The predicted molar refractivity (Wildman–Crippen MR) is 96.9 cm³/mol. The Morgan fingerprint density at radius 2 is 1.96 bits per heavy atom. The molecule has 3 rings (SSSR count). The lowest BCUT2D eigenvalue weighted by molar-refractivity contribution is -0.118. The minimum Gasteiger partial charge on any atom is -0.497 e. The molecule has 0 aromatic heterocycles. The van der Waals surface area contributed by atoms with Gasteiger partial charge in [-0.2, -0.15) is 0 Å². The number of hydrogen-bond donors (Lipinski definition) is 1. The van der Waals surface area contributed by atoms with Crippen LogP contribution in [0.3, 0.4) is 0 Å². The maximum Gasteiger partial charge on any atom is 0.249 e. The first-order valence-corrected chi connectivity index (χ1v) is 8.36. The van der Waals surface area contributed by atoms with E-state index in [2.05, 4.69) is 5.32 Å². The van der Waals surface area contributed by atoms with E-state index in [0.29, 0.717) is 17.0 Å². The van der Waals surface area contributed by atoms with Gasteiger partial charge in [-0.1, -0.05) is 20.3 Å². The number of amides is 1. The van der Waals surface area contributed by atoms with Crippen LogP contribution in [0.1, 0.15) is 31.4 Å². The van der Waals surface area contributed by atoms with Crippen LogP contribution in [0.2, 0.25) is 0 Å². The number of benzodiazepines with no additional fused rings is 1. The highest BCUT2D eigenvalue weighted by Gasteiger charge is 2.29. The van der Waals surface area contributed by atoms with Gasteiger partial charge in [-0.3, -0.25) is 9.79 Å². The average molecular weight is 340 g/mol. The fourth-order valence-corrected chi connectivity index (χ4v) is 2.88. The molecule has 5 heteroatoms. The number of nitrogens with one attached hydrogen (secondary N) is 1. The Bertz CT molecular complexity index is 815. The number of rotatable bonds is 4. The van der Waals surface area contributed by atoms with Crippen molar-refractivity contribution in [2.75, 3.05) is 12.4 Å². The number of hydrogen-bond acceptors (Lipinski definition) is 3. The second-order valence-electron chi connectivity index (χ2n) is 6.22. The molecule has 25 heavy (non-hydrogen) atoms. The molecule has 2 aromatic rings. The number of halogens is 1. The van der Waals surface area contributed by atoms with E-state index in [1.54, 1.807) is 13.2 Å². The molecule has 1 amide bonds. The van der Waals surface area contributed by atoms with Gasteiger partial charge in [0.2, 0.25) is 5.91 Å². The first-order valence-electron chi connectivity index (χ1n) is 8.36. The number of anilines is 1. The van der Waals surface area contributed by atoms with E-state index in [4.69, 9.17) is 9.73 Å². The lowest BCUT2D eigenvalue weighted by atomic mass is 9.98.